The average Bonchev–Trinajstić information content (AvgIpc) is 2.29. The number of hydrogen-bond acceptors (Lipinski definition) is 4. The topological polar surface area (TPSA) is 51.8 Å². The molecule has 17 heavy (non-hydrogen) atoms. The van der Waals surface area contributed by atoms with Crippen LogP contribution in [0.25, 0.3) is 0 Å². The average molecular weight is 245 g/mol. The van der Waals surface area contributed by atoms with E-state index >= 15 is 0 Å². The Morgan fingerprint density at radius 3 is 2.59 bits per heavy atom. The van der Waals surface area contributed by atoms with Gasteiger partial charge in [0.2, 0.25) is 0 Å². The Kier molecular flexibility index (Phi) is 3.98. The molecule has 1 aromatic heterocycles. The largest absolute Gasteiger partial charge is 0.384 e. The summed E-state index contributed by atoms with van der Waals surface area (Å²) in [6, 6.07) is 12.2. The molecule has 0 aliphatic heterocycles. The van der Waals surface area contributed by atoms with Crippen LogP contribution in [0.1, 0.15) is 17.1 Å². The number of nitrogens with two attached hydrogens (primary N) is 1. The number of hydrogen-bond donors (Lipinski definition) is 1. The van der Waals surface area contributed by atoms with E-state index in [9.17, 15) is 0 Å². The second-order valence-corrected chi connectivity index (χ2v) is 4.81. The van der Waals surface area contributed by atoms with Gasteiger partial charge in [0.15, 0.2) is 0 Å². The lowest BCUT2D eigenvalue weighted by molar-refractivity contribution is 1.00. The van der Waals surface area contributed by atoms with Crippen LogP contribution in [-0.2, 0) is 11.5 Å². The molecule has 0 atom stereocenters. The molecule has 0 radical (unpaired) electrons. The molecule has 0 saturated heterocycles. The van der Waals surface area contributed by atoms with Gasteiger partial charge >= 0.3 is 0 Å². The van der Waals surface area contributed by atoms with Gasteiger partial charge in [-0.25, -0.2) is 9.97 Å². The highest BCUT2D eigenvalue weighted by molar-refractivity contribution is 7.97. The summed E-state index contributed by atoms with van der Waals surface area (Å²) in [4.78, 5) is 8.56. The first-order chi connectivity index (χ1) is 8.24. The molecule has 4 heteroatoms. The molecule has 0 bridgehead atoms. The monoisotopic (exact) mass is 245 g/mol. The third-order valence-corrected chi connectivity index (χ3v) is 3.26. The van der Waals surface area contributed by atoms with Crippen molar-refractivity contribution in [1.29, 1.82) is 0 Å². The highest BCUT2D eigenvalue weighted by Gasteiger charge is 2.00. The zero-order chi connectivity index (χ0) is 12.1. The van der Waals surface area contributed by atoms with E-state index in [-0.39, 0.29) is 0 Å². The maximum atomic E-state index is 5.68. The van der Waals surface area contributed by atoms with Crippen molar-refractivity contribution in [2.45, 2.75) is 18.4 Å². The molecule has 2 N–H and O–H groups in total. The van der Waals surface area contributed by atoms with Crippen molar-refractivity contribution in [2.75, 3.05) is 5.73 Å². The Labute approximate surface area is 105 Å². The number of nitrogens with zero attached hydrogens (tertiary/aromatic N) is 2. The van der Waals surface area contributed by atoms with Gasteiger partial charge in [-0.05, 0) is 12.5 Å². The fourth-order valence-electron chi connectivity index (χ4n) is 1.56. The number of anilines is 1. The lowest BCUT2D eigenvalue weighted by Crippen LogP contribution is -2.00. The maximum absolute atomic E-state index is 5.68. The van der Waals surface area contributed by atoms with Gasteiger partial charge in [-0.1, -0.05) is 30.3 Å². The SMILES string of the molecule is Cc1cc(N)nc(CSCc2ccccc2)n1. The zero-order valence-corrected chi connectivity index (χ0v) is 10.6. The zero-order valence-electron chi connectivity index (χ0n) is 9.76. The van der Waals surface area contributed by atoms with Crippen molar-refractivity contribution in [2.24, 2.45) is 0 Å². The number of aromatic nitrogens is 2. The summed E-state index contributed by atoms with van der Waals surface area (Å²) < 4.78 is 0. The quantitative estimate of drug-likeness (QED) is 0.900. The van der Waals surface area contributed by atoms with Gasteiger partial charge in [-0.15, -0.1) is 11.8 Å². The van der Waals surface area contributed by atoms with Crippen molar-refractivity contribution in [3.63, 3.8) is 0 Å². The van der Waals surface area contributed by atoms with Crippen LogP contribution >= 0.6 is 11.8 Å². The van der Waals surface area contributed by atoms with E-state index in [4.69, 9.17) is 5.73 Å². The number of aryl methyl sites for hydroxylation is 1. The second kappa shape index (κ2) is 5.68. The van der Waals surface area contributed by atoms with Gasteiger partial charge in [0.1, 0.15) is 11.6 Å². The van der Waals surface area contributed by atoms with Crippen molar-refractivity contribution in [3.8, 4) is 0 Å². The summed E-state index contributed by atoms with van der Waals surface area (Å²) in [5.74, 6) is 3.12. The van der Waals surface area contributed by atoms with Crippen LogP contribution in [0.5, 0.6) is 0 Å². The normalized spacial score (nSPS) is 10.4. The van der Waals surface area contributed by atoms with E-state index in [0.717, 1.165) is 23.0 Å². The molecule has 0 fully saturated rings. The number of nitrogen functional groups attached to an aromatic ring is 1. The van der Waals surface area contributed by atoms with E-state index in [1.165, 1.54) is 5.56 Å². The minimum absolute atomic E-state index is 0.549. The minimum Gasteiger partial charge on any atom is -0.384 e. The van der Waals surface area contributed by atoms with Crippen molar-refractivity contribution >= 4 is 17.6 Å². The Bertz CT molecular complexity index is 465. The molecular weight excluding hydrogens is 230 g/mol. The van der Waals surface area contributed by atoms with Gasteiger partial charge in [-0.3, -0.25) is 0 Å². The summed E-state index contributed by atoms with van der Waals surface area (Å²) in [5.41, 5.74) is 7.92. The van der Waals surface area contributed by atoms with E-state index in [1.54, 1.807) is 17.8 Å². The van der Waals surface area contributed by atoms with Gasteiger partial charge in [-0.2, -0.15) is 0 Å². The summed E-state index contributed by atoms with van der Waals surface area (Å²) >= 11 is 1.80. The van der Waals surface area contributed by atoms with Crippen LogP contribution in [0.3, 0.4) is 0 Å². The molecule has 0 amide bonds. The molecule has 0 spiro atoms. The molecule has 0 aliphatic carbocycles. The van der Waals surface area contributed by atoms with E-state index in [1.807, 2.05) is 13.0 Å². The van der Waals surface area contributed by atoms with Crippen LogP contribution in [0.15, 0.2) is 36.4 Å². The maximum Gasteiger partial charge on any atom is 0.140 e. The molecular formula is C13H15N3S. The van der Waals surface area contributed by atoms with Crippen molar-refractivity contribution < 1.29 is 0 Å². The van der Waals surface area contributed by atoms with Crippen LogP contribution < -0.4 is 5.73 Å². The van der Waals surface area contributed by atoms with Gasteiger partial charge < -0.3 is 5.73 Å². The summed E-state index contributed by atoms with van der Waals surface area (Å²) in [6.45, 7) is 1.93. The predicted molar refractivity (Wildman–Crippen MR) is 72.6 cm³/mol. The van der Waals surface area contributed by atoms with Crippen LogP contribution in [-0.4, -0.2) is 9.97 Å². The molecule has 88 valence electrons. The lowest BCUT2D eigenvalue weighted by Gasteiger charge is -2.03. The van der Waals surface area contributed by atoms with Gasteiger partial charge in [0.05, 0.1) is 5.75 Å². The van der Waals surface area contributed by atoms with Gasteiger partial charge in [0.25, 0.3) is 0 Å². The molecule has 1 heterocycles. The van der Waals surface area contributed by atoms with E-state index < -0.39 is 0 Å². The molecule has 0 saturated carbocycles. The predicted octanol–water partition coefficient (Wildman–Crippen LogP) is 2.80. The Morgan fingerprint density at radius 2 is 1.88 bits per heavy atom. The molecule has 2 rings (SSSR count). The Hall–Kier alpha value is -1.55. The highest BCUT2D eigenvalue weighted by Crippen LogP contribution is 2.16. The molecule has 1 aromatic carbocycles. The first-order valence-corrected chi connectivity index (χ1v) is 6.61. The fourth-order valence-corrected chi connectivity index (χ4v) is 2.40. The standard InChI is InChI=1S/C13H15N3S/c1-10-7-12(14)16-13(15-10)9-17-8-11-5-3-2-4-6-11/h2-7H,8-9H2,1H3,(H2,14,15,16). The third-order valence-electron chi connectivity index (χ3n) is 2.26. The first-order valence-electron chi connectivity index (χ1n) is 5.46. The molecule has 3 nitrogen and oxygen atoms in total. The first kappa shape index (κ1) is 11.9. The number of benzene rings is 1. The van der Waals surface area contributed by atoms with Gasteiger partial charge in [0, 0.05) is 17.5 Å². The number of rotatable bonds is 4. The summed E-state index contributed by atoms with van der Waals surface area (Å²) in [7, 11) is 0. The minimum atomic E-state index is 0.549. The van der Waals surface area contributed by atoms with Crippen molar-refractivity contribution in [1.82, 2.24) is 9.97 Å². The van der Waals surface area contributed by atoms with Crippen LogP contribution in [0, 0.1) is 6.92 Å². The Balaban J connectivity index is 1.90. The van der Waals surface area contributed by atoms with Crippen molar-refractivity contribution in [3.05, 3.63) is 53.5 Å². The molecule has 0 aliphatic rings. The molecule has 2 aromatic rings. The van der Waals surface area contributed by atoms with E-state index in [0.29, 0.717) is 5.82 Å². The lowest BCUT2D eigenvalue weighted by atomic mass is 10.2. The smallest absolute Gasteiger partial charge is 0.140 e. The molecule has 0 unspecified atom stereocenters. The van der Waals surface area contributed by atoms with E-state index in [2.05, 4.69) is 34.2 Å². The number of thioether (sulfide) groups is 1. The highest BCUT2D eigenvalue weighted by atomic mass is 32.2. The Morgan fingerprint density at radius 1 is 1.12 bits per heavy atom. The summed E-state index contributed by atoms with van der Waals surface area (Å²) in [5, 5.41) is 0. The second-order valence-electron chi connectivity index (χ2n) is 3.83. The summed E-state index contributed by atoms with van der Waals surface area (Å²) in [6.07, 6.45) is 0. The van der Waals surface area contributed by atoms with Crippen LogP contribution in [0.4, 0.5) is 5.82 Å². The fraction of sp³-hybridized carbons (Fsp3) is 0.231. The van der Waals surface area contributed by atoms with Crippen LogP contribution in [0.2, 0.25) is 0 Å². The third kappa shape index (κ3) is 3.75.